The Balaban J connectivity index is 2.02. The largest absolute Gasteiger partial charge is 0.497 e. The van der Waals surface area contributed by atoms with Crippen LogP contribution in [0.5, 0.6) is 5.75 Å². The van der Waals surface area contributed by atoms with Crippen LogP contribution < -0.4 is 4.74 Å². The number of hydrogen-bond donors (Lipinski definition) is 0. The lowest BCUT2D eigenvalue weighted by Crippen LogP contribution is -1.89. The Hall–Kier alpha value is -2.32. The molecule has 0 saturated carbocycles. The molecule has 0 aliphatic carbocycles. The predicted octanol–water partition coefficient (Wildman–Crippen LogP) is 3.66. The highest BCUT2D eigenvalue weighted by molar-refractivity contribution is 7.99. The molecule has 0 bridgehead atoms. The van der Waals surface area contributed by atoms with Crippen LogP contribution in [-0.4, -0.2) is 22.8 Å². The zero-order valence-electron chi connectivity index (χ0n) is 11.7. The van der Waals surface area contributed by atoms with Gasteiger partial charge in [0.1, 0.15) is 5.75 Å². The molecule has 0 N–H and O–H groups in total. The van der Waals surface area contributed by atoms with Crippen LogP contribution in [0.1, 0.15) is 17.7 Å². The summed E-state index contributed by atoms with van der Waals surface area (Å²) in [7, 11) is 1.65. The molecular formula is C16H15N3OS. The molecule has 1 aromatic heterocycles. The van der Waals surface area contributed by atoms with E-state index in [1.54, 1.807) is 13.3 Å². The fourth-order valence-corrected chi connectivity index (χ4v) is 2.28. The number of aromatic nitrogens is 2. The van der Waals surface area contributed by atoms with Crippen molar-refractivity contribution in [1.29, 1.82) is 5.26 Å². The lowest BCUT2D eigenvalue weighted by molar-refractivity contribution is 0.415. The number of nitriles is 1. The van der Waals surface area contributed by atoms with E-state index in [-0.39, 0.29) is 0 Å². The van der Waals surface area contributed by atoms with Gasteiger partial charge < -0.3 is 4.74 Å². The summed E-state index contributed by atoms with van der Waals surface area (Å²) in [6.07, 6.45) is 6.17. The van der Waals surface area contributed by atoms with Gasteiger partial charge in [-0.2, -0.15) is 5.26 Å². The summed E-state index contributed by atoms with van der Waals surface area (Å²) in [5.41, 5.74) is 1.92. The van der Waals surface area contributed by atoms with Crippen LogP contribution in [0.15, 0.2) is 41.7 Å². The smallest absolute Gasteiger partial charge is 0.188 e. The fraction of sp³-hybridized carbons (Fsp3) is 0.188. The van der Waals surface area contributed by atoms with Crippen molar-refractivity contribution >= 4 is 23.9 Å². The van der Waals surface area contributed by atoms with Crippen LogP contribution in [0.4, 0.5) is 0 Å². The summed E-state index contributed by atoms with van der Waals surface area (Å²) in [6.45, 7) is 0. The van der Waals surface area contributed by atoms with Crippen LogP contribution in [0.25, 0.3) is 12.2 Å². The normalized spacial score (nSPS) is 10.5. The first-order valence-electron chi connectivity index (χ1n) is 6.47. The van der Waals surface area contributed by atoms with E-state index in [1.807, 2.05) is 42.5 Å². The second-order valence-electron chi connectivity index (χ2n) is 4.13. The first-order chi connectivity index (χ1) is 10.3. The zero-order valence-corrected chi connectivity index (χ0v) is 12.5. The molecule has 106 valence electrons. The van der Waals surface area contributed by atoms with E-state index >= 15 is 0 Å². The molecule has 0 amide bonds. The van der Waals surface area contributed by atoms with Crippen molar-refractivity contribution in [3.63, 3.8) is 0 Å². The van der Waals surface area contributed by atoms with Crippen molar-refractivity contribution in [2.24, 2.45) is 0 Å². The second-order valence-corrected chi connectivity index (χ2v) is 5.19. The van der Waals surface area contributed by atoms with Crippen LogP contribution in [-0.2, 0) is 0 Å². The minimum atomic E-state index is 0.500. The minimum absolute atomic E-state index is 0.500. The van der Waals surface area contributed by atoms with Gasteiger partial charge in [-0.3, -0.25) is 0 Å². The van der Waals surface area contributed by atoms with Gasteiger partial charge in [-0.25, -0.2) is 9.97 Å². The van der Waals surface area contributed by atoms with E-state index in [0.717, 1.165) is 17.0 Å². The Morgan fingerprint density at radius 2 is 2.05 bits per heavy atom. The molecule has 0 atom stereocenters. The Labute approximate surface area is 128 Å². The monoisotopic (exact) mass is 297 g/mol. The highest BCUT2D eigenvalue weighted by Crippen LogP contribution is 2.16. The maximum Gasteiger partial charge on any atom is 0.188 e. The van der Waals surface area contributed by atoms with Crippen molar-refractivity contribution in [3.8, 4) is 11.8 Å². The van der Waals surface area contributed by atoms with E-state index < -0.39 is 0 Å². The van der Waals surface area contributed by atoms with Gasteiger partial charge in [0.2, 0.25) is 0 Å². The molecule has 2 aromatic rings. The number of methoxy groups -OCH3 is 1. The van der Waals surface area contributed by atoms with Crippen molar-refractivity contribution in [2.75, 3.05) is 12.9 Å². The van der Waals surface area contributed by atoms with Gasteiger partial charge >= 0.3 is 0 Å². The van der Waals surface area contributed by atoms with Crippen LogP contribution >= 0.6 is 11.8 Å². The summed E-state index contributed by atoms with van der Waals surface area (Å²) >= 11 is 1.49. The van der Waals surface area contributed by atoms with Gasteiger partial charge in [-0.1, -0.05) is 30.0 Å². The van der Waals surface area contributed by atoms with Gasteiger partial charge in [-0.05, 0) is 29.8 Å². The topological polar surface area (TPSA) is 58.8 Å². The highest BCUT2D eigenvalue weighted by Gasteiger charge is 1.98. The van der Waals surface area contributed by atoms with E-state index in [1.165, 1.54) is 11.8 Å². The number of rotatable bonds is 6. The first kappa shape index (κ1) is 15.1. The third-order valence-electron chi connectivity index (χ3n) is 2.66. The summed E-state index contributed by atoms with van der Waals surface area (Å²) in [6, 6.07) is 11.8. The van der Waals surface area contributed by atoms with Crippen LogP contribution in [0.2, 0.25) is 0 Å². The maximum absolute atomic E-state index is 8.52. The maximum atomic E-state index is 8.52. The van der Waals surface area contributed by atoms with Crippen LogP contribution in [0, 0.1) is 11.3 Å². The lowest BCUT2D eigenvalue weighted by Gasteiger charge is -2.00. The summed E-state index contributed by atoms with van der Waals surface area (Å²) in [5.74, 6) is 1.55. The molecule has 0 spiro atoms. The number of benzene rings is 1. The predicted molar refractivity (Wildman–Crippen MR) is 84.9 cm³/mol. The molecule has 1 aromatic carbocycles. The van der Waals surface area contributed by atoms with Gasteiger partial charge in [0, 0.05) is 18.4 Å². The van der Waals surface area contributed by atoms with Crippen molar-refractivity contribution in [2.45, 2.75) is 11.6 Å². The molecule has 0 fully saturated rings. The molecule has 0 radical (unpaired) electrons. The zero-order chi connectivity index (χ0) is 14.9. The number of nitrogens with zero attached hydrogens (tertiary/aromatic N) is 3. The van der Waals surface area contributed by atoms with Gasteiger partial charge in [0.05, 0.1) is 18.9 Å². The molecule has 0 saturated heterocycles. The number of hydrogen-bond acceptors (Lipinski definition) is 5. The summed E-state index contributed by atoms with van der Waals surface area (Å²) < 4.78 is 5.12. The molecule has 5 heteroatoms. The molecule has 0 aliphatic rings. The van der Waals surface area contributed by atoms with E-state index in [9.17, 15) is 0 Å². The standard InChI is InChI=1S/C16H15N3OS/c1-20-15-7-4-13(5-8-15)3-6-14-9-11-18-16(19-14)21-12-2-10-17/h3-9,11H,2,12H2,1H3/b6-3+. The Bertz CT molecular complexity index is 647. The Morgan fingerprint density at radius 1 is 1.24 bits per heavy atom. The minimum Gasteiger partial charge on any atom is -0.497 e. The quantitative estimate of drug-likeness (QED) is 0.462. The average molecular weight is 297 g/mol. The number of ether oxygens (including phenoxy) is 1. The average Bonchev–Trinajstić information content (AvgIpc) is 2.54. The Morgan fingerprint density at radius 3 is 2.76 bits per heavy atom. The van der Waals surface area contributed by atoms with E-state index in [0.29, 0.717) is 17.3 Å². The first-order valence-corrected chi connectivity index (χ1v) is 7.45. The molecule has 21 heavy (non-hydrogen) atoms. The third kappa shape index (κ3) is 4.93. The summed E-state index contributed by atoms with van der Waals surface area (Å²) in [5, 5.41) is 9.22. The molecule has 1 heterocycles. The molecule has 0 unspecified atom stereocenters. The third-order valence-corrected chi connectivity index (χ3v) is 3.53. The van der Waals surface area contributed by atoms with E-state index in [2.05, 4.69) is 16.0 Å². The van der Waals surface area contributed by atoms with Gasteiger partial charge in [0.15, 0.2) is 5.16 Å². The van der Waals surface area contributed by atoms with Crippen molar-refractivity contribution in [1.82, 2.24) is 9.97 Å². The highest BCUT2D eigenvalue weighted by atomic mass is 32.2. The molecule has 0 aliphatic heterocycles. The number of thioether (sulfide) groups is 1. The molecule has 2 rings (SSSR count). The second kappa shape index (κ2) is 8.08. The summed E-state index contributed by atoms with van der Waals surface area (Å²) in [4.78, 5) is 8.61. The van der Waals surface area contributed by atoms with Crippen LogP contribution in [0.3, 0.4) is 0 Å². The van der Waals surface area contributed by atoms with Gasteiger partial charge in [-0.15, -0.1) is 0 Å². The van der Waals surface area contributed by atoms with Gasteiger partial charge in [0.25, 0.3) is 0 Å². The fourth-order valence-electron chi connectivity index (χ4n) is 1.60. The van der Waals surface area contributed by atoms with Crippen molar-refractivity contribution in [3.05, 3.63) is 47.8 Å². The van der Waals surface area contributed by atoms with Crippen molar-refractivity contribution < 1.29 is 4.74 Å². The molecule has 4 nitrogen and oxygen atoms in total. The lowest BCUT2D eigenvalue weighted by atomic mass is 10.2. The van der Waals surface area contributed by atoms with E-state index in [4.69, 9.17) is 10.00 Å². The SMILES string of the molecule is COc1ccc(/C=C/c2ccnc(SCCC#N)n2)cc1. The Kier molecular flexibility index (Phi) is 5.80. The molecular weight excluding hydrogens is 282 g/mol.